The van der Waals surface area contributed by atoms with Crippen LogP contribution >= 0.6 is 0 Å². The van der Waals surface area contributed by atoms with Gasteiger partial charge in [-0.2, -0.15) is 0 Å². The maximum absolute atomic E-state index is 12.4. The molecule has 1 saturated carbocycles. The van der Waals surface area contributed by atoms with E-state index in [9.17, 15) is 14.7 Å². The summed E-state index contributed by atoms with van der Waals surface area (Å²) in [6.45, 7) is 3.21. The first-order chi connectivity index (χ1) is 9.55. The van der Waals surface area contributed by atoms with Crippen LogP contribution in [0.1, 0.15) is 58.3 Å². The molecule has 1 aliphatic carbocycles. The van der Waals surface area contributed by atoms with E-state index in [0.717, 1.165) is 32.1 Å². The van der Waals surface area contributed by atoms with Crippen LogP contribution in [0.15, 0.2) is 0 Å². The summed E-state index contributed by atoms with van der Waals surface area (Å²) in [7, 11) is 0. The van der Waals surface area contributed by atoms with Crippen LogP contribution < -0.4 is 5.32 Å². The van der Waals surface area contributed by atoms with Gasteiger partial charge in [0.05, 0.1) is 0 Å². The SMILES string of the molecule is CCCC(=O)NC1CCCN(C(=O)C2(O)CCCC2)C1. The molecule has 20 heavy (non-hydrogen) atoms. The fraction of sp³-hybridized carbons (Fsp3) is 0.867. The molecule has 0 aromatic carbocycles. The van der Waals surface area contributed by atoms with Gasteiger partial charge in [-0.3, -0.25) is 9.59 Å². The van der Waals surface area contributed by atoms with Crippen LogP contribution in [0.5, 0.6) is 0 Å². The Hall–Kier alpha value is -1.10. The monoisotopic (exact) mass is 282 g/mol. The third-order valence-electron chi connectivity index (χ3n) is 4.38. The summed E-state index contributed by atoms with van der Waals surface area (Å²) in [6, 6.07) is 0.0387. The number of amides is 2. The molecule has 1 unspecified atom stereocenters. The van der Waals surface area contributed by atoms with E-state index in [1.807, 2.05) is 6.92 Å². The Labute approximate surface area is 120 Å². The predicted octanol–water partition coefficient (Wildman–Crippen LogP) is 1.20. The smallest absolute Gasteiger partial charge is 0.254 e. The Balaban J connectivity index is 1.89. The lowest BCUT2D eigenvalue weighted by atomic mass is 9.97. The minimum Gasteiger partial charge on any atom is -0.380 e. The van der Waals surface area contributed by atoms with Gasteiger partial charge in [-0.1, -0.05) is 6.92 Å². The molecule has 1 atom stereocenters. The second-order valence-electron chi connectivity index (χ2n) is 6.15. The van der Waals surface area contributed by atoms with Crippen LogP contribution in [0.3, 0.4) is 0 Å². The Morgan fingerprint density at radius 3 is 2.65 bits per heavy atom. The zero-order valence-corrected chi connectivity index (χ0v) is 12.4. The van der Waals surface area contributed by atoms with E-state index in [1.165, 1.54) is 0 Å². The lowest BCUT2D eigenvalue weighted by Gasteiger charge is -2.37. The van der Waals surface area contributed by atoms with Crippen molar-refractivity contribution < 1.29 is 14.7 Å². The van der Waals surface area contributed by atoms with Crippen LogP contribution in [-0.4, -0.2) is 46.6 Å². The summed E-state index contributed by atoms with van der Waals surface area (Å²) in [6.07, 6.45) is 6.18. The van der Waals surface area contributed by atoms with Crippen LogP contribution in [0.2, 0.25) is 0 Å². The second-order valence-corrected chi connectivity index (χ2v) is 6.15. The average molecular weight is 282 g/mol. The number of rotatable bonds is 4. The number of carbonyl (C=O) groups is 2. The quantitative estimate of drug-likeness (QED) is 0.814. The number of nitrogens with one attached hydrogen (secondary N) is 1. The summed E-state index contributed by atoms with van der Waals surface area (Å²) in [5.41, 5.74) is -1.14. The Morgan fingerprint density at radius 2 is 2.00 bits per heavy atom. The first-order valence-electron chi connectivity index (χ1n) is 7.86. The van der Waals surface area contributed by atoms with Gasteiger partial charge in [0.15, 0.2) is 0 Å². The normalized spacial score (nSPS) is 25.5. The molecule has 1 saturated heterocycles. The molecule has 5 nitrogen and oxygen atoms in total. The second kappa shape index (κ2) is 6.57. The van der Waals surface area contributed by atoms with Crippen LogP contribution in [-0.2, 0) is 9.59 Å². The fourth-order valence-corrected chi connectivity index (χ4v) is 3.27. The molecule has 0 bridgehead atoms. The molecular formula is C15H26N2O3. The van der Waals surface area contributed by atoms with E-state index in [2.05, 4.69) is 5.32 Å². The zero-order chi connectivity index (χ0) is 14.6. The van der Waals surface area contributed by atoms with Crippen molar-refractivity contribution >= 4 is 11.8 Å². The lowest BCUT2D eigenvalue weighted by molar-refractivity contribution is -0.152. The van der Waals surface area contributed by atoms with Crippen LogP contribution in [0.25, 0.3) is 0 Å². The zero-order valence-electron chi connectivity index (χ0n) is 12.4. The van der Waals surface area contributed by atoms with E-state index in [1.54, 1.807) is 4.90 Å². The summed E-state index contributed by atoms with van der Waals surface area (Å²) in [5, 5.41) is 13.4. The van der Waals surface area contributed by atoms with E-state index < -0.39 is 5.60 Å². The maximum Gasteiger partial charge on any atom is 0.254 e. The van der Waals surface area contributed by atoms with E-state index >= 15 is 0 Å². The first kappa shape index (κ1) is 15.3. The highest BCUT2D eigenvalue weighted by atomic mass is 16.3. The average Bonchev–Trinajstić information content (AvgIpc) is 2.86. The molecule has 2 fully saturated rings. The summed E-state index contributed by atoms with van der Waals surface area (Å²) in [4.78, 5) is 25.8. The predicted molar refractivity (Wildman–Crippen MR) is 76.1 cm³/mol. The Morgan fingerprint density at radius 1 is 1.30 bits per heavy atom. The molecule has 2 N–H and O–H groups in total. The summed E-state index contributed by atoms with van der Waals surface area (Å²) in [5.74, 6) is -0.0733. The Kier molecular flexibility index (Phi) is 5.02. The van der Waals surface area contributed by atoms with Gasteiger partial charge in [0.25, 0.3) is 5.91 Å². The maximum atomic E-state index is 12.4. The largest absolute Gasteiger partial charge is 0.380 e. The minimum absolute atomic E-state index is 0.0387. The third-order valence-corrected chi connectivity index (χ3v) is 4.38. The number of carbonyl (C=O) groups excluding carboxylic acids is 2. The number of likely N-dealkylation sites (tertiary alicyclic amines) is 1. The highest BCUT2D eigenvalue weighted by Crippen LogP contribution is 2.32. The molecular weight excluding hydrogens is 256 g/mol. The lowest BCUT2D eigenvalue weighted by Crippen LogP contribution is -2.55. The summed E-state index contributed by atoms with van der Waals surface area (Å²) < 4.78 is 0. The van der Waals surface area contributed by atoms with Crippen molar-refractivity contribution in [3.63, 3.8) is 0 Å². The number of hydrogen-bond acceptors (Lipinski definition) is 3. The van der Waals surface area contributed by atoms with Gasteiger partial charge in [-0.25, -0.2) is 0 Å². The number of piperidine rings is 1. The topological polar surface area (TPSA) is 69.6 Å². The first-order valence-corrected chi connectivity index (χ1v) is 7.86. The fourth-order valence-electron chi connectivity index (χ4n) is 3.27. The third kappa shape index (κ3) is 3.51. The van der Waals surface area contributed by atoms with E-state index in [0.29, 0.717) is 32.4 Å². The molecule has 114 valence electrons. The highest BCUT2D eigenvalue weighted by molar-refractivity contribution is 5.85. The van der Waals surface area contributed by atoms with Crippen molar-refractivity contribution in [1.29, 1.82) is 0 Å². The molecule has 1 aliphatic heterocycles. The standard InChI is InChI=1S/C15H26N2O3/c1-2-6-13(18)16-12-7-5-10-17(11-12)14(19)15(20)8-3-4-9-15/h12,20H,2-11H2,1H3,(H,16,18). The van der Waals surface area contributed by atoms with Crippen molar-refractivity contribution in [1.82, 2.24) is 10.2 Å². The number of aliphatic hydroxyl groups is 1. The van der Waals surface area contributed by atoms with Crippen molar-refractivity contribution in [3.05, 3.63) is 0 Å². The minimum atomic E-state index is -1.14. The van der Waals surface area contributed by atoms with Crippen LogP contribution in [0, 0.1) is 0 Å². The van der Waals surface area contributed by atoms with Crippen LogP contribution in [0.4, 0.5) is 0 Å². The van der Waals surface area contributed by atoms with E-state index in [-0.39, 0.29) is 17.9 Å². The number of nitrogens with zero attached hydrogens (tertiary/aromatic N) is 1. The van der Waals surface area contributed by atoms with Crippen molar-refractivity contribution in [2.45, 2.75) is 69.9 Å². The molecule has 2 aliphatic rings. The van der Waals surface area contributed by atoms with Gasteiger partial charge in [0.1, 0.15) is 5.60 Å². The van der Waals surface area contributed by atoms with Crippen molar-refractivity contribution in [2.75, 3.05) is 13.1 Å². The molecule has 0 spiro atoms. The van der Waals surface area contributed by atoms with Gasteiger partial charge in [0.2, 0.25) is 5.91 Å². The van der Waals surface area contributed by atoms with Gasteiger partial charge in [-0.05, 0) is 44.9 Å². The Bertz CT molecular complexity index is 364. The molecule has 0 aromatic rings. The van der Waals surface area contributed by atoms with Gasteiger partial charge in [0, 0.05) is 25.6 Å². The number of hydrogen-bond donors (Lipinski definition) is 2. The molecule has 2 amide bonds. The molecule has 1 heterocycles. The molecule has 5 heteroatoms. The van der Waals surface area contributed by atoms with Gasteiger partial charge < -0.3 is 15.3 Å². The van der Waals surface area contributed by atoms with Gasteiger partial charge in [-0.15, -0.1) is 0 Å². The molecule has 0 aromatic heterocycles. The van der Waals surface area contributed by atoms with Gasteiger partial charge >= 0.3 is 0 Å². The van der Waals surface area contributed by atoms with E-state index in [4.69, 9.17) is 0 Å². The highest BCUT2D eigenvalue weighted by Gasteiger charge is 2.42. The molecule has 2 rings (SSSR count). The summed E-state index contributed by atoms with van der Waals surface area (Å²) >= 11 is 0. The van der Waals surface area contributed by atoms with Crippen molar-refractivity contribution in [3.8, 4) is 0 Å². The van der Waals surface area contributed by atoms with Crippen molar-refractivity contribution in [2.24, 2.45) is 0 Å². The molecule has 0 radical (unpaired) electrons.